The third-order valence-electron chi connectivity index (χ3n) is 3.18. The third-order valence-corrected chi connectivity index (χ3v) is 3.38. The second kappa shape index (κ2) is 6.20. The second-order valence-electron chi connectivity index (χ2n) is 4.98. The Balaban J connectivity index is 1.84. The zero-order valence-electron chi connectivity index (χ0n) is 12.2. The first-order valence-corrected chi connectivity index (χ1v) is 7.21. The zero-order valence-corrected chi connectivity index (χ0v) is 13.0. The first-order chi connectivity index (χ1) is 11.7. The van der Waals surface area contributed by atoms with Crippen molar-refractivity contribution < 1.29 is 27.1 Å². The highest BCUT2D eigenvalue weighted by Crippen LogP contribution is 2.25. The van der Waals surface area contributed by atoms with Crippen molar-refractivity contribution in [2.45, 2.75) is 6.36 Å². The highest BCUT2D eigenvalue weighted by atomic mass is 32.1. The van der Waals surface area contributed by atoms with Crippen molar-refractivity contribution in [2.75, 3.05) is 5.32 Å². The predicted octanol–water partition coefficient (Wildman–Crippen LogP) is 4.52. The van der Waals surface area contributed by atoms with Gasteiger partial charge in [0.25, 0.3) is 5.91 Å². The van der Waals surface area contributed by atoms with Crippen LogP contribution in [0.3, 0.4) is 0 Å². The van der Waals surface area contributed by atoms with Gasteiger partial charge in [-0.3, -0.25) is 4.79 Å². The van der Waals surface area contributed by atoms with Crippen LogP contribution < -0.4 is 10.1 Å². The summed E-state index contributed by atoms with van der Waals surface area (Å²) >= 11 is 4.92. The van der Waals surface area contributed by atoms with Gasteiger partial charge in [0.05, 0.1) is 16.6 Å². The van der Waals surface area contributed by atoms with Crippen LogP contribution in [-0.4, -0.2) is 22.2 Å². The summed E-state index contributed by atoms with van der Waals surface area (Å²) < 4.78 is 54.0. The van der Waals surface area contributed by atoms with Crippen LogP contribution >= 0.6 is 12.2 Å². The Labute approximate surface area is 142 Å². The molecule has 0 fully saturated rings. The Kier molecular flexibility index (Phi) is 4.21. The van der Waals surface area contributed by atoms with Crippen molar-refractivity contribution in [1.82, 2.24) is 9.97 Å². The fraction of sp³-hybridized carbons (Fsp3) is 0.0667. The number of carbonyl (C=O) groups excluding carboxylic acids is 1. The summed E-state index contributed by atoms with van der Waals surface area (Å²) in [5.41, 5.74) is 0.856. The number of aromatic amines is 2. The number of ether oxygens (including phenoxy) is 1. The van der Waals surface area contributed by atoms with Crippen molar-refractivity contribution in [2.24, 2.45) is 0 Å². The highest BCUT2D eigenvalue weighted by molar-refractivity contribution is 7.71. The lowest BCUT2D eigenvalue weighted by atomic mass is 10.1. The topological polar surface area (TPSA) is 69.9 Å². The fourth-order valence-corrected chi connectivity index (χ4v) is 2.44. The minimum absolute atomic E-state index is 0.00188. The summed E-state index contributed by atoms with van der Waals surface area (Å²) in [5.74, 6) is -1.72. The molecule has 1 amide bonds. The summed E-state index contributed by atoms with van der Waals surface area (Å²) in [7, 11) is 0. The van der Waals surface area contributed by atoms with Crippen molar-refractivity contribution in [3.8, 4) is 5.75 Å². The number of H-pyrrole nitrogens is 2. The van der Waals surface area contributed by atoms with Gasteiger partial charge >= 0.3 is 6.36 Å². The number of alkyl halides is 3. The van der Waals surface area contributed by atoms with Gasteiger partial charge in [0, 0.05) is 5.69 Å². The molecule has 0 unspecified atom stereocenters. The van der Waals surface area contributed by atoms with Crippen LogP contribution in [-0.2, 0) is 0 Å². The molecule has 25 heavy (non-hydrogen) atoms. The lowest BCUT2D eigenvalue weighted by molar-refractivity contribution is -0.274. The molecule has 3 N–H and O–H groups in total. The highest BCUT2D eigenvalue weighted by Gasteiger charge is 2.31. The molecule has 130 valence electrons. The average molecular weight is 371 g/mol. The summed E-state index contributed by atoms with van der Waals surface area (Å²) in [6.45, 7) is 0. The van der Waals surface area contributed by atoms with Crippen LogP contribution in [0.1, 0.15) is 10.4 Å². The molecule has 2 aromatic carbocycles. The molecular weight excluding hydrogens is 362 g/mol. The van der Waals surface area contributed by atoms with Crippen LogP contribution in [0.2, 0.25) is 0 Å². The molecule has 0 saturated heterocycles. The first kappa shape index (κ1) is 17.0. The summed E-state index contributed by atoms with van der Waals surface area (Å²) in [4.78, 5) is 17.8. The lowest BCUT2D eigenvalue weighted by Gasteiger charge is -2.10. The van der Waals surface area contributed by atoms with E-state index in [-0.39, 0.29) is 16.0 Å². The van der Waals surface area contributed by atoms with Gasteiger partial charge in [-0.05, 0) is 48.6 Å². The standard InChI is InChI=1S/C15H9F4N3O2S/c16-7-5-10(12-11(6-7)21-14(25)22-12)13(23)20-8-1-3-9(4-2-8)24-15(17,18)19/h1-6H,(H,20,23)(H2,21,22,25). The van der Waals surface area contributed by atoms with E-state index in [9.17, 15) is 22.4 Å². The maximum absolute atomic E-state index is 13.6. The number of imidazole rings is 1. The molecule has 0 spiro atoms. The minimum atomic E-state index is -4.80. The van der Waals surface area contributed by atoms with Gasteiger partial charge in [0.2, 0.25) is 0 Å². The number of hydrogen-bond donors (Lipinski definition) is 3. The van der Waals surface area contributed by atoms with Crippen LogP contribution in [0.15, 0.2) is 36.4 Å². The maximum atomic E-state index is 13.6. The zero-order chi connectivity index (χ0) is 18.2. The van der Waals surface area contributed by atoms with E-state index in [0.717, 1.165) is 18.2 Å². The van der Waals surface area contributed by atoms with E-state index in [1.54, 1.807) is 0 Å². The average Bonchev–Trinajstić information content (AvgIpc) is 2.86. The van der Waals surface area contributed by atoms with E-state index >= 15 is 0 Å². The number of hydrogen-bond acceptors (Lipinski definition) is 3. The first-order valence-electron chi connectivity index (χ1n) is 6.80. The van der Waals surface area contributed by atoms with E-state index in [1.165, 1.54) is 18.2 Å². The number of aromatic nitrogens is 2. The summed E-state index contributed by atoms with van der Waals surface area (Å²) in [6.07, 6.45) is -4.80. The molecule has 0 radical (unpaired) electrons. The van der Waals surface area contributed by atoms with E-state index in [1.807, 2.05) is 0 Å². The molecule has 0 aliphatic rings. The molecule has 10 heteroatoms. The minimum Gasteiger partial charge on any atom is -0.406 e. The van der Waals surface area contributed by atoms with Crippen molar-refractivity contribution >= 4 is 34.8 Å². The van der Waals surface area contributed by atoms with Crippen LogP contribution in [0.4, 0.5) is 23.2 Å². The quantitative estimate of drug-likeness (QED) is 0.468. The number of rotatable bonds is 3. The van der Waals surface area contributed by atoms with Crippen molar-refractivity contribution in [3.63, 3.8) is 0 Å². The second-order valence-corrected chi connectivity index (χ2v) is 5.39. The molecule has 0 aliphatic heterocycles. The molecule has 1 aromatic heterocycles. The molecule has 3 rings (SSSR count). The number of anilines is 1. The largest absolute Gasteiger partial charge is 0.573 e. The van der Waals surface area contributed by atoms with Gasteiger partial charge in [0.15, 0.2) is 4.77 Å². The van der Waals surface area contributed by atoms with E-state index in [0.29, 0.717) is 11.0 Å². The van der Waals surface area contributed by atoms with E-state index in [4.69, 9.17) is 12.2 Å². The van der Waals surface area contributed by atoms with Crippen molar-refractivity contribution in [3.05, 3.63) is 52.5 Å². The molecule has 0 aliphatic carbocycles. The Hall–Kier alpha value is -2.88. The normalized spacial score (nSPS) is 11.5. The molecule has 3 aromatic rings. The molecular formula is C15H9F4N3O2S. The van der Waals surface area contributed by atoms with Gasteiger partial charge < -0.3 is 20.0 Å². The van der Waals surface area contributed by atoms with E-state index in [2.05, 4.69) is 20.0 Å². The Morgan fingerprint density at radius 2 is 1.80 bits per heavy atom. The number of amides is 1. The molecule has 5 nitrogen and oxygen atoms in total. The number of halogens is 4. The van der Waals surface area contributed by atoms with Crippen LogP contribution in [0.25, 0.3) is 11.0 Å². The molecule has 0 atom stereocenters. The Morgan fingerprint density at radius 1 is 1.12 bits per heavy atom. The van der Waals surface area contributed by atoms with Crippen molar-refractivity contribution in [1.29, 1.82) is 0 Å². The number of nitrogens with one attached hydrogen (secondary N) is 3. The van der Waals surface area contributed by atoms with Gasteiger partial charge in [-0.1, -0.05) is 0 Å². The monoisotopic (exact) mass is 371 g/mol. The molecule has 1 heterocycles. The van der Waals surface area contributed by atoms with Gasteiger partial charge in [-0.25, -0.2) is 4.39 Å². The molecule has 0 bridgehead atoms. The summed E-state index contributed by atoms with van der Waals surface area (Å²) in [6, 6.07) is 6.77. The lowest BCUT2D eigenvalue weighted by Crippen LogP contribution is -2.17. The number of fused-ring (bicyclic) bond motifs is 1. The van der Waals surface area contributed by atoms with Gasteiger partial charge in [-0.2, -0.15) is 0 Å². The maximum Gasteiger partial charge on any atom is 0.573 e. The van der Waals surface area contributed by atoms with Crippen LogP contribution in [0, 0.1) is 10.6 Å². The fourth-order valence-electron chi connectivity index (χ4n) is 2.22. The summed E-state index contributed by atoms with van der Waals surface area (Å²) in [5, 5.41) is 2.47. The molecule has 0 saturated carbocycles. The smallest absolute Gasteiger partial charge is 0.406 e. The Morgan fingerprint density at radius 3 is 2.44 bits per heavy atom. The number of benzene rings is 2. The SMILES string of the molecule is O=C(Nc1ccc(OC(F)(F)F)cc1)c1cc(F)cc2[nH]c(=S)[nH]c12. The van der Waals surface area contributed by atoms with E-state index < -0.39 is 23.8 Å². The predicted molar refractivity (Wildman–Crippen MR) is 84.5 cm³/mol. The van der Waals surface area contributed by atoms with Gasteiger partial charge in [0.1, 0.15) is 11.6 Å². The third kappa shape index (κ3) is 3.97. The van der Waals surface area contributed by atoms with Gasteiger partial charge in [-0.15, -0.1) is 13.2 Å². The van der Waals surface area contributed by atoms with Crippen LogP contribution in [0.5, 0.6) is 5.75 Å². The number of carbonyl (C=O) groups is 1. The Bertz CT molecular complexity index is 993.